The predicted octanol–water partition coefficient (Wildman–Crippen LogP) is 3.06. The molecule has 0 aliphatic heterocycles. The van der Waals surface area contributed by atoms with E-state index in [1.807, 2.05) is 25.1 Å². The van der Waals surface area contributed by atoms with Crippen molar-refractivity contribution in [3.8, 4) is 5.69 Å². The summed E-state index contributed by atoms with van der Waals surface area (Å²) in [5, 5.41) is 4.99. The van der Waals surface area contributed by atoms with Crippen LogP contribution in [-0.4, -0.2) is 9.78 Å². The van der Waals surface area contributed by atoms with Crippen LogP contribution in [0, 0.1) is 6.92 Å². The second kappa shape index (κ2) is 4.57. The number of aromatic nitrogens is 2. The Morgan fingerprint density at radius 1 is 1.50 bits per heavy atom. The molecule has 0 saturated heterocycles. The van der Waals surface area contributed by atoms with Gasteiger partial charge < -0.3 is 5.73 Å². The first-order valence-electron chi connectivity index (χ1n) is 4.82. The van der Waals surface area contributed by atoms with Crippen LogP contribution in [0.2, 0.25) is 5.02 Å². The van der Waals surface area contributed by atoms with Crippen LogP contribution in [0.1, 0.15) is 11.3 Å². The minimum atomic E-state index is 0.471. The Hall–Kier alpha value is -0.840. The largest absolute Gasteiger partial charge is 0.326 e. The molecule has 0 bridgehead atoms. The lowest BCUT2D eigenvalue weighted by Gasteiger charge is -2.08. The molecule has 2 rings (SSSR count). The monoisotopic (exact) mass is 299 g/mol. The zero-order chi connectivity index (χ0) is 11.7. The molecule has 1 heterocycles. The van der Waals surface area contributed by atoms with Crippen molar-refractivity contribution in [1.82, 2.24) is 9.78 Å². The molecule has 16 heavy (non-hydrogen) atoms. The molecule has 2 N–H and O–H groups in total. The zero-order valence-corrected chi connectivity index (χ0v) is 11.1. The Kier molecular flexibility index (Phi) is 3.33. The fourth-order valence-electron chi connectivity index (χ4n) is 1.49. The molecule has 2 aromatic rings. The number of hydrogen-bond donors (Lipinski definition) is 1. The molecule has 0 saturated carbocycles. The van der Waals surface area contributed by atoms with Crippen molar-refractivity contribution in [2.75, 3.05) is 0 Å². The molecule has 0 radical (unpaired) electrons. The lowest BCUT2D eigenvalue weighted by molar-refractivity contribution is 0.843. The number of hydrogen-bond acceptors (Lipinski definition) is 2. The molecule has 84 valence electrons. The minimum absolute atomic E-state index is 0.471. The Labute approximate surface area is 107 Å². The van der Waals surface area contributed by atoms with Gasteiger partial charge in [-0.05, 0) is 24.6 Å². The van der Waals surface area contributed by atoms with Crippen molar-refractivity contribution in [2.24, 2.45) is 5.73 Å². The van der Waals surface area contributed by atoms with E-state index in [1.165, 1.54) is 0 Å². The van der Waals surface area contributed by atoms with Crippen LogP contribution >= 0.6 is 27.5 Å². The summed E-state index contributed by atoms with van der Waals surface area (Å²) in [4.78, 5) is 0. The fraction of sp³-hybridized carbons (Fsp3) is 0.182. The molecule has 0 aliphatic rings. The number of nitrogens with two attached hydrogens (primary N) is 1. The quantitative estimate of drug-likeness (QED) is 0.926. The maximum absolute atomic E-state index is 5.99. The number of rotatable bonds is 2. The average Bonchev–Trinajstić information content (AvgIpc) is 2.59. The third-order valence-corrected chi connectivity index (χ3v) is 3.22. The van der Waals surface area contributed by atoms with E-state index in [2.05, 4.69) is 21.0 Å². The second-order valence-corrected chi connectivity index (χ2v) is 4.81. The first-order chi connectivity index (χ1) is 7.61. The van der Waals surface area contributed by atoms with Gasteiger partial charge in [-0.3, -0.25) is 0 Å². The van der Waals surface area contributed by atoms with Gasteiger partial charge in [-0.2, -0.15) is 5.10 Å². The normalized spacial score (nSPS) is 10.8. The lowest BCUT2D eigenvalue weighted by Crippen LogP contribution is -2.05. The highest BCUT2D eigenvalue weighted by Crippen LogP contribution is 2.22. The standard InChI is InChI=1S/C11H11BrClN3/c1-7-10(13)6-16(15-7)11-4-9(12)3-2-8(11)5-14/h2-4,6H,5,14H2,1H3. The summed E-state index contributed by atoms with van der Waals surface area (Å²) >= 11 is 9.42. The predicted molar refractivity (Wildman–Crippen MR) is 68.9 cm³/mol. The molecular formula is C11H11BrClN3. The highest BCUT2D eigenvalue weighted by Gasteiger charge is 2.08. The van der Waals surface area contributed by atoms with E-state index in [-0.39, 0.29) is 0 Å². The second-order valence-electron chi connectivity index (χ2n) is 3.48. The van der Waals surface area contributed by atoms with Crippen LogP contribution in [-0.2, 0) is 6.54 Å². The minimum Gasteiger partial charge on any atom is -0.326 e. The lowest BCUT2D eigenvalue weighted by atomic mass is 10.2. The van der Waals surface area contributed by atoms with Gasteiger partial charge in [-0.15, -0.1) is 0 Å². The van der Waals surface area contributed by atoms with Gasteiger partial charge in [-0.1, -0.05) is 33.6 Å². The zero-order valence-electron chi connectivity index (χ0n) is 8.74. The van der Waals surface area contributed by atoms with Crippen LogP contribution in [0.3, 0.4) is 0 Å². The van der Waals surface area contributed by atoms with Crippen LogP contribution in [0.4, 0.5) is 0 Å². The molecule has 0 atom stereocenters. The molecule has 3 nitrogen and oxygen atoms in total. The SMILES string of the molecule is Cc1nn(-c2cc(Br)ccc2CN)cc1Cl. The molecule has 0 unspecified atom stereocenters. The summed E-state index contributed by atoms with van der Waals surface area (Å²) in [5.41, 5.74) is 8.48. The summed E-state index contributed by atoms with van der Waals surface area (Å²) < 4.78 is 2.74. The Balaban J connectivity index is 2.57. The third-order valence-electron chi connectivity index (χ3n) is 2.35. The van der Waals surface area contributed by atoms with Crippen LogP contribution < -0.4 is 5.73 Å². The summed E-state index contributed by atoms with van der Waals surface area (Å²) in [6.45, 7) is 2.35. The Morgan fingerprint density at radius 2 is 2.25 bits per heavy atom. The number of nitrogens with zero attached hydrogens (tertiary/aromatic N) is 2. The van der Waals surface area contributed by atoms with Crippen LogP contribution in [0.15, 0.2) is 28.9 Å². The van der Waals surface area contributed by atoms with Gasteiger partial charge in [0.1, 0.15) is 0 Å². The molecule has 0 fully saturated rings. The van der Waals surface area contributed by atoms with E-state index in [4.69, 9.17) is 17.3 Å². The molecular weight excluding hydrogens is 289 g/mol. The smallest absolute Gasteiger partial charge is 0.0819 e. The van der Waals surface area contributed by atoms with Gasteiger partial charge in [0.15, 0.2) is 0 Å². The van der Waals surface area contributed by atoms with Crippen molar-refractivity contribution in [3.05, 3.63) is 45.1 Å². The van der Waals surface area contributed by atoms with E-state index in [0.717, 1.165) is 21.4 Å². The summed E-state index contributed by atoms with van der Waals surface area (Å²) in [5.74, 6) is 0. The number of aryl methyl sites for hydroxylation is 1. The van der Waals surface area contributed by atoms with Crippen molar-refractivity contribution < 1.29 is 0 Å². The molecule has 1 aromatic carbocycles. The molecule has 0 amide bonds. The van der Waals surface area contributed by atoms with E-state index in [9.17, 15) is 0 Å². The van der Waals surface area contributed by atoms with Crippen molar-refractivity contribution in [3.63, 3.8) is 0 Å². The topological polar surface area (TPSA) is 43.8 Å². The van der Waals surface area contributed by atoms with E-state index in [1.54, 1.807) is 10.9 Å². The number of halogens is 2. The average molecular weight is 301 g/mol. The van der Waals surface area contributed by atoms with E-state index in [0.29, 0.717) is 11.6 Å². The number of benzene rings is 1. The van der Waals surface area contributed by atoms with Crippen molar-refractivity contribution >= 4 is 27.5 Å². The van der Waals surface area contributed by atoms with Gasteiger partial charge in [0.2, 0.25) is 0 Å². The Bertz CT molecular complexity index is 502. The van der Waals surface area contributed by atoms with Gasteiger partial charge in [0, 0.05) is 17.2 Å². The van der Waals surface area contributed by atoms with E-state index < -0.39 is 0 Å². The van der Waals surface area contributed by atoms with Crippen molar-refractivity contribution in [1.29, 1.82) is 0 Å². The molecule has 0 spiro atoms. The summed E-state index contributed by atoms with van der Waals surface area (Å²) in [7, 11) is 0. The van der Waals surface area contributed by atoms with Crippen LogP contribution in [0.25, 0.3) is 5.69 Å². The summed E-state index contributed by atoms with van der Waals surface area (Å²) in [6.07, 6.45) is 1.79. The van der Waals surface area contributed by atoms with E-state index >= 15 is 0 Å². The fourth-order valence-corrected chi connectivity index (χ4v) is 1.96. The third kappa shape index (κ3) is 2.14. The van der Waals surface area contributed by atoms with Gasteiger partial charge in [-0.25, -0.2) is 4.68 Å². The van der Waals surface area contributed by atoms with Crippen LogP contribution in [0.5, 0.6) is 0 Å². The molecule has 5 heteroatoms. The maximum Gasteiger partial charge on any atom is 0.0819 e. The molecule has 1 aromatic heterocycles. The Morgan fingerprint density at radius 3 is 2.81 bits per heavy atom. The van der Waals surface area contributed by atoms with Gasteiger partial charge in [0.25, 0.3) is 0 Å². The first-order valence-corrected chi connectivity index (χ1v) is 5.99. The van der Waals surface area contributed by atoms with Gasteiger partial charge in [0.05, 0.1) is 16.4 Å². The van der Waals surface area contributed by atoms with Crippen molar-refractivity contribution in [2.45, 2.75) is 13.5 Å². The summed E-state index contributed by atoms with van der Waals surface area (Å²) in [6, 6.07) is 5.92. The molecule has 0 aliphatic carbocycles. The highest BCUT2D eigenvalue weighted by atomic mass is 79.9. The maximum atomic E-state index is 5.99. The van der Waals surface area contributed by atoms with Gasteiger partial charge >= 0.3 is 0 Å². The first kappa shape index (κ1) is 11.6. The highest BCUT2D eigenvalue weighted by molar-refractivity contribution is 9.10.